The number of rotatable bonds is 8. The first-order valence-corrected chi connectivity index (χ1v) is 7.34. The molecule has 0 spiro atoms. The van der Waals surface area contributed by atoms with Gasteiger partial charge in [-0.2, -0.15) is 5.10 Å². The summed E-state index contributed by atoms with van der Waals surface area (Å²) in [5, 5.41) is 4.48. The summed E-state index contributed by atoms with van der Waals surface area (Å²) in [6.45, 7) is 6.82. The standard InChI is InChI=1S/C15H24N2O2/c1-4-11(3)17-9-8-13(16-17)10-14(18)15(19-5-2)12-6-7-12/h8-9,11-12,15H,4-7,10H2,1-3H3. The minimum Gasteiger partial charge on any atom is -0.370 e. The van der Waals surface area contributed by atoms with Crippen LogP contribution >= 0.6 is 0 Å². The van der Waals surface area contributed by atoms with Gasteiger partial charge in [0.15, 0.2) is 5.78 Å². The molecular weight excluding hydrogens is 240 g/mol. The van der Waals surface area contributed by atoms with Crippen LogP contribution in [0.4, 0.5) is 0 Å². The Morgan fingerprint density at radius 2 is 2.26 bits per heavy atom. The Morgan fingerprint density at radius 1 is 1.53 bits per heavy atom. The lowest BCUT2D eigenvalue weighted by molar-refractivity contribution is -0.131. The molecule has 4 heteroatoms. The number of carbonyl (C=O) groups excluding carboxylic acids is 1. The average molecular weight is 264 g/mol. The molecule has 0 amide bonds. The zero-order valence-electron chi connectivity index (χ0n) is 12.1. The van der Waals surface area contributed by atoms with E-state index in [4.69, 9.17) is 4.74 Å². The summed E-state index contributed by atoms with van der Waals surface area (Å²) < 4.78 is 7.53. The molecule has 0 saturated heterocycles. The topological polar surface area (TPSA) is 44.1 Å². The van der Waals surface area contributed by atoms with Gasteiger partial charge in [-0.15, -0.1) is 0 Å². The Balaban J connectivity index is 1.95. The van der Waals surface area contributed by atoms with Crippen molar-refractivity contribution in [3.63, 3.8) is 0 Å². The van der Waals surface area contributed by atoms with E-state index in [0.717, 1.165) is 25.0 Å². The van der Waals surface area contributed by atoms with Gasteiger partial charge in [-0.05, 0) is 45.1 Å². The van der Waals surface area contributed by atoms with Crippen molar-refractivity contribution < 1.29 is 9.53 Å². The highest BCUT2D eigenvalue weighted by Crippen LogP contribution is 2.35. The van der Waals surface area contributed by atoms with Crippen LogP contribution in [0.3, 0.4) is 0 Å². The maximum absolute atomic E-state index is 12.3. The van der Waals surface area contributed by atoms with Crippen LogP contribution in [0.1, 0.15) is 51.8 Å². The molecular formula is C15H24N2O2. The van der Waals surface area contributed by atoms with E-state index in [2.05, 4.69) is 18.9 Å². The van der Waals surface area contributed by atoms with Gasteiger partial charge in [-0.1, -0.05) is 6.92 Å². The maximum atomic E-state index is 12.3. The van der Waals surface area contributed by atoms with Crippen LogP contribution in [0, 0.1) is 5.92 Å². The molecule has 0 aliphatic heterocycles. The SMILES string of the molecule is CCOC(C(=O)Cc1ccn(C(C)CC)n1)C1CC1. The predicted molar refractivity (Wildman–Crippen MR) is 74.1 cm³/mol. The normalized spacial score (nSPS) is 18.3. The van der Waals surface area contributed by atoms with E-state index in [1.54, 1.807) is 0 Å². The summed E-state index contributed by atoms with van der Waals surface area (Å²) in [4.78, 5) is 12.3. The Hall–Kier alpha value is -1.16. The fraction of sp³-hybridized carbons (Fsp3) is 0.733. The van der Waals surface area contributed by atoms with Gasteiger partial charge in [-0.3, -0.25) is 9.48 Å². The van der Waals surface area contributed by atoms with Crippen LogP contribution in [0.25, 0.3) is 0 Å². The van der Waals surface area contributed by atoms with Crippen LogP contribution in [0.2, 0.25) is 0 Å². The Labute approximate surface area is 115 Å². The molecule has 2 atom stereocenters. The van der Waals surface area contributed by atoms with Crippen molar-refractivity contribution >= 4 is 5.78 Å². The quantitative estimate of drug-likeness (QED) is 0.725. The third-order valence-corrected chi connectivity index (χ3v) is 3.78. The van der Waals surface area contributed by atoms with Gasteiger partial charge in [0.2, 0.25) is 0 Å². The molecule has 1 aliphatic carbocycles. The average Bonchev–Trinajstić information content (AvgIpc) is 3.14. The molecule has 2 rings (SSSR count). The number of ether oxygens (including phenoxy) is 1. The van der Waals surface area contributed by atoms with Crippen LogP contribution in [-0.2, 0) is 16.0 Å². The van der Waals surface area contributed by atoms with Crippen molar-refractivity contribution in [3.05, 3.63) is 18.0 Å². The summed E-state index contributed by atoms with van der Waals surface area (Å²) in [5.41, 5.74) is 0.857. The molecule has 0 aromatic carbocycles. The first-order valence-electron chi connectivity index (χ1n) is 7.34. The molecule has 0 radical (unpaired) electrons. The molecule has 1 aromatic rings. The van der Waals surface area contributed by atoms with E-state index in [-0.39, 0.29) is 11.9 Å². The fourth-order valence-electron chi connectivity index (χ4n) is 2.25. The molecule has 1 heterocycles. The van der Waals surface area contributed by atoms with Gasteiger partial charge >= 0.3 is 0 Å². The van der Waals surface area contributed by atoms with Gasteiger partial charge in [0.25, 0.3) is 0 Å². The molecule has 1 fully saturated rings. The minimum atomic E-state index is -0.209. The molecule has 106 valence electrons. The Kier molecular flexibility index (Phi) is 4.75. The highest BCUT2D eigenvalue weighted by atomic mass is 16.5. The second-order valence-corrected chi connectivity index (χ2v) is 5.40. The predicted octanol–water partition coefficient (Wildman–Crippen LogP) is 2.78. The largest absolute Gasteiger partial charge is 0.370 e. The number of carbonyl (C=O) groups is 1. The van der Waals surface area contributed by atoms with Gasteiger partial charge in [0.1, 0.15) is 6.10 Å². The van der Waals surface area contributed by atoms with E-state index in [0.29, 0.717) is 25.0 Å². The fourth-order valence-corrected chi connectivity index (χ4v) is 2.25. The lowest BCUT2D eigenvalue weighted by Gasteiger charge is -2.14. The van der Waals surface area contributed by atoms with Crippen molar-refractivity contribution in [2.24, 2.45) is 5.92 Å². The first-order chi connectivity index (χ1) is 9.15. The first kappa shape index (κ1) is 14.3. The van der Waals surface area contributed by atoms with Crippen LogP contribution in [0.5, 0.6) is 0 Å². The van der Waals surface area contributed by atoms with Crippen LogP contribution in [-0.4, -0.2) is 28.3 Å². The van der Waals surface area contributed by atoms with Gasteiger partial charge < -0.3 is 4.74 Å². The van der Waals surface area contributed by atoms with Crippen LogP contribution < -0.4 is 0 Å². The number of hydrogen-bond acceptors (Lipinski definition) is 3. The molecule has 0 bridgehead atoms. The van der Waals surface area contributed by atoms with Gasteiger partial charge in [0, 0.05) is 18.8 Å². The number of ketones is 1. The number of Topliss-reactive ketones (excluding diaryl/α,β-unsaturated/α-hetero) is 1. The third-order valence-electron chi connectivity index (χ3n) is 3.78. The highest BCUT2D eigenvalue weighted by molar-refractivity contribution is 5.85. The lowest BCUT2D eigenvalue weighted by Crippen LogP contribution is -2.28. The summed E-state index contributed by atoms with van der Waals surface area (Å²) >= 11 is 0. The van der Waals surface area contributed by atoms with E-state index < -0.39 is 0 Å². The zero-order chi connectivity index (χ0) is 13.8. The molecule has 1 saturated carbocycles. The second-order valence-electron chi connectivity index (χ2n) is 5.40. The van der Waals surface area contributed by atoms with E-state index >= 15 is 0 Å². The van der Waals surface area contributed by atoms with Crippen molar-refractivity contribution in [1.82, 2.24) is 9.78 Å². The van der Waals surface area contributed by atoms with Crippen LogP contribution in [0.15, 0.2) is 12.3 Å². The van der Waals surface area contributed by atoms with Crippen molar-refractivity contribution in [2.75, 3.05) is 6.61 Å². The van der Waals surface area contributed by atoms with Crippen molar-refractivity contribution in [2.45, 2.75) is 58.6 Å². The summed E-state index contributed by atoms with van der Waals surface area (Å²) in [7, 11) is 0. The molecule has 2 unspecified atom stereocenters. The Morgan fingerprint density at radius 3 is 2.84 bits per heavy atom. The van der Waals surface area contributed by atoms with E-state index in [1.807, 2.05) is 23.9 Å². The molecule has 1 aliphatic rings. The maximum Gasteiger partial charge on any atom is 0.167 e. The van der Waals surface area contributed by atoms with E-state index in [9.17, 15) is 4.79 Å². The summed E-state index contributed by atoms with van der Waals surface area (Å²) in [5.74, 6) is 0.628. The van der Waals surface area contributed by atoms with Gasteiger partial charge in [-0.25, -0.2) is 0 Å². The van der Waals surface area contributed by atoms with Crippen molar-refractivity contribution in [3.8, 4) is 0 Å². The highest BCUT2D eigenvalue weighted by Gasteiger charge is 2.36. The Bertz CT molecular complexity index is 424. The van der Waals surface area contributed by atoms with Crippen molar-refractivity contribution in [1.29, 1.82) is 0 Å². The summed E-state index contributed by atoms with van der Waals surface area (Å²) in [6.07, 6.45) is 5.43. The lowest BCUT2D eigenvalue weighted by atomic mass is 10.1. The molecule has 0 N–H and O–H groups in total. The summed E-state index contributed by atoms with van der Waals surface area (Å²) in [6, 6.07) is 2.33. The smallest absolute Gasteiger partial charge is 0.167 e. The molecule has 19 heavy (non-hydrogen) atoms. The third kappa shape index (κ3) is 3.66. The molecule has 4 nitrogen and oxygen atoms in total. The van der Waals surface area contributed by atoms with E-state index in [1.165, 1.54) is 0 Å². The number of hydrogen-bond donors (Lipinski definition) is 0. The molecule has 1 aromatic heterocycles. The monoisotopic (exact) mass is 264 g/mol. The second kappa shape index (κ2) is 6.33. The number of aromatic nitrogens is 2. The zero-order valence-corrected chi connectivity index (χ0v) is 12.1. The minimum absolute atomic E-state index is 0.179. The van der Waals surface area contributed by atoms with Gasteiger partial charge in [0.05, 0.1) is 12.1 Å². The number of nitrogens with zero attached hydrogens (tertiary/aromatic N) is 2.